The normalized spacial score (nSPS) is 22.0. The van der Waals surface area contributed by atoms with Crippen LogP contribution >= 0.6 is 0 Å². The van der Waals surface area contributed by atoms with Gasteiger partial charge >= 0.3 is 6.18 Å². The molecule has 5 heteroatoms. The second-order valence-electron chi connectivity index (χ2n) is 6.67. The maximum Gasteiger partial charge on any atom is 0.416 e. The Bertz CT molecular complexity index is 980. The lowest BCUT2D eigenvalue weighted by Crippen LogP contribution is -2.33. The van der Waals surface area contributed by atoms with E-state index in [9.17, 15) is 23.2 Å². The molecule has 0 bridgehead atoms. The Balaban J connectivity index is 1.97. The van der Waals surface area contributed by atoms with Crippen molar-refractivity contribution in [3.05, 3.63) is 76.4 Å². The van der Waals surface area contributed by atoms with E-state index in [0.29, 0.717) is 36.0 Å². The molecule has 2 aromatic rings. The molecule has 130 valence electrons. The summed E-state index contributed by atoms with van der Waals surface area (Å²) in [6, 6.07) is 14.2. The van der Waals surface area contributed by atoms with E-state index in [1.54, 1.807) is 24.3 Å². The molecule has 2 aromatic carbocycles. The third kappa shape index (κ3) is 2.22. The third-order valence-corrected chi connectivity index (χ3v) is 5.32. The molecule has 1 unspecified atom stereocenters. The summed E-state index contributed by atoms with van der Waals surface area (Å²) in [4.78, 5) is 13.0. The van der Waals surface area contributed by atoms with Gasteiger partial charge in [-0.1, -0.05) is 36.4 Å². The highest BCUT2D eigenvalue weighted by Gasteiger charge is 2.50. The van der Waals surface area contributed by atoms with Crippen LogP contribution in [-0.2, 0) is 6.18 Å². The molecule has 2 aliphatic carbocycles. The van der Waals surface area contributed by atoms with E-state index in [0.717, 1.165) is 23.3 Å². The molecule has 0 spiro atoms. The zero-order chi connectivity index (χ0) is 18.5. The van der Waals surface area contributed by atoms with Gasteiger partial charge in [-0.2, -0.15) is 18.4 Å². The van der Waals surface area contributed by atoms with Crippen molar-refractivity contribution in [1.82, 2.24) is 0 Å². The fourth-order valence-corrected chi connectivity index (χ4v) is 4.10. The first-order valence-corrected chi connectivity index (χ1v) is 8.35. The van der Waals surface area contributed by atoms with Crippen LogP contribution < -0.4 is 0 Å². The Kier molecular flexibility index (Phi) is 3.55. The molecule has 4 rings (SSSR count). The van der Waals surface area contributed by atoms with Gasteiger partial charge in [-0.15, -0.1) is 0 Å². The molecule has 1 saturated carbocycles. The average Bonchev–Trinajstić information content (AvgIpc) is 3.07. The standard InChI is InChI=1S/C21H14F3NO/c22-21(23,24)14-9-7-13(8-10-14)18-15-4-1-2-5-16(15)19(26)20(12-25)11-3-6-17(18)20/h1-2,4-5,7-10H,3,6,11H2. The predicted molar refractivity (Wildman–Crippen MR) is 90.1 cm³/mol. The molecular weight excluding hydrogens is 339 g/mol. The number of hydrogen-bond acceptors (Lipinski definition) is 2. The van der Waals surface area contributed by atoms with Gasteiger partial charge in [-0.05, 0) is 53.7 Å². The second kappa shape index (κ2) is 5.57. The number of Topliss-reactive ketones (excluding diaryl/α,β-unsaturated/α-hetero) is 1. The Morgan fingerprint density at radius 2 is 1.65 bits per heavy atom. The topological polar surface area (TPSA) is 40.9 Å². The van der Waals surface area contributed by atoms with E-state index in [4.69, 9.17) is 0 Å². The summed E-state index contributed by atoms with van der Waals surface area (Å²) in [6.45, 7) is 0. The number of nitriles is 1. The van der Waals surface area contributed by atoms with E-state index in [1.807, 2.05) is 0 Å². The van der Waals surface area contributed by atoms with Crippen LogP contribution in [0.15, 0.2) is 54.1 Å². The zero-order valence-corrected chi connectivity index (χ0v) is 13.7. The summed E-state index contributed by atoms with van der Waals surface area (Å²) in [5, 5.41) is 9.81. The van der Waals surface area contributed by atoms with Crippen molar-refractivity contribution in [2.24, 2.45) is 5.41 Å². The van der Waals surface area contributed by atoms with Crippen molar-refractivity contribution in [2.75, 3.05) is 0 Å². The number of rotatable bonds is 1. The molecule has 0 aromatic heterocycles. The Hall–Kier alpha value is -2.87. The minimum absolute atomic E-state index is 0.196. The number of ketones is 1. The molecule has 1 atom stereocenters. The maximum absolute atomic E-state index is 13.0. The lowest BCUT2D eigenvalue weighted by Gasteiger charge is -2.31. The van der Waals surface area contributed by atoms with Crippen molar-refractivity contribution in [3.8, 4) is 6.07 Å². The highest BCUT2D eigenvalue weighted by Crippen LogP contribution is 2.53. The van der Waals surface area contributed by atoms with Gasteiger partial charge in [0.15, 0.2) is 5.78 Å². The number of fused-ring (bicyclic) bond motifs is 2. The largest absolute Gasteiger partial charge is 0.416 e. The highest BCUT2D eigenvalue weighted by atomic mass is 19.4. The Morgan fingerprint density at radius 3 is 2.27 bits per heavy atom. The first kappa shape index (κ1) is 16.6. The Labute approximate surface area is 148 Å². The van der Waals surface area contributed by atoms with E-state index in [1.165, 1.54) is 12.1 Å². The quantitative estimate of drug-likeness (QED) is 0.689. The predicted octanol–water partition coefficient (Wildman–Crippen LogP) is 5.40. The van der Waals surface area contributed by atoms with Crippen LogP contribution in [0.4, 0.5) is 13.2 Å². The van der Waals surface area contributed by atoms with Crippen molar-refractivity contribution >= 4 is 11.4 Å². The molecule has 0 aliphatic heterocycles. The lowest BCUT2D eigenvalue weighted by atomic mass is 9.68. The van der Waals surface area contributed by atoms with Crippen LogP contribution in [0, 0.1) is 16.7 Å². The molecular formula is C21H14F3NO. The maximum atomic E-state index is 13.0. The van der Waals surface area contributed by atoms with Gasteiger partial charge in [0.1, 0.15) is 5.41 Å². The fraction of sp³-hybridized carbons (Fsp3) is 0.238. The molecule has 2 aliphatic rings. The summed E-state index contributed by atoms with van der Waals surface area (Å²) in [5.74, 6) is -0.196. The average molecular weight is 353 g/mol. The minimum Gasteiger partial charge on any atom is -0.292 e. The molecule has 26 heavy (non-hydrogen) atoms. The van der Waals surface area contributed by atoms with E-state index in [-0.39, 0.29) is 5.78 Å². The van der Waals surface area contributed by atoms with Gasteiger partial charge < -0.3 is 0 Å². The molecule has 0 N–H and O–H groups in total. The monoisotopic (exact) mass is 353 g/mol. The zero-order valence-electron chi connectivity index (χ0n) is 13.7. The first-order valence-electron chi connectivity index (χ1n) is 8.35. The number of benzene rings is 2. The van der Waals surface area contributed by atoms with Gasteiger partial charge in [0, 0.05) is 5.56 Å². The Morgan fingerprint density at radius 1 is 1.00 bits per heavy atom. The van der Waals surface area contributed by atoms with Crippen LogP contribution in [0.1, 0.15) is 46.3 Å². The van der Waals surface area contributed by atoms with Crippen molar-refractivity contribution in [1.29, 1.82) is 5.26 Å². The summed E-state index contributed by atoms with van der Waals surface area (Å²) >= 11 is 0. The van der Waals surface area contributed by atoms with Crippen molar-refractivity contribution in [3.63, 3.8) is 0 Å². The summed E-state index contributed by atoms with van der Waals surface area (Å²) < 4.78 is 38.6. The molecule has 0 heterocycles. The first-order chi connectivity index (χ1) is 12.4. The summed E-state index contributed by atoms with van der Waals surface area (Å²) in [6.07, 6.45) is -2.63. The number of alkyl halides is 3. The summed E-state index contributed by atoms with van der Waals surface area (Å²) in [7, 11) is 0. The van der Waals surface area contributed by atoms with Crippen LogP contribution in [0.5, 0.6) is 0 Å². The molecule has 0 radical (unpaired) electrons. The van der Waals surface area contributed by atoms with Gasteiger partial charge in [-0.3, -0.25) is 4.79 Å². The SMILES string of the molecule is N#CC12CCCC1=C(c1ccc(C(F)(F)F)cc1)c1ccccc1C2=O. The fourth-order valence-electron chi connectivity index (χ4n) is 4.10. The van der Waals surface area contributed by atoms with Crippen LogP contribution in [-0.4, -0.2) is 5.78 Å². The third-order valence-electron chi connectivity index (χ3n) is 5.32. The van der Waals surface area contributed by atoms with Gasteiger partial charge in [0.05, 0.1) is 11.6 Å². The smallest absolute Gasteiger partial charge is 0.292 e. The van der Waals surface area contributed by atoms with Crippen LogP contribution in [0.25, 0.3) is 5.57 Å². The molecule has 0 saturated heterocycles. The lowest BCUT2D eigenvalue weighted by molar-refractivity contribution is -0.137. The second-order valence-corrected chi connectivity index (χ2v) is 6.67. The highest BCUT2D eigenvalue weighted by molar-refractivity contribution is 6.13. The van der Waals surface area contributed by atoms with Crippen LogP contribution in [0.2, 0.25) is 0 Å². The number of allylic oxidation sites excluding steroid dienone is 1. The van der Waals surface area contributed by atoms with Crippen LogP contribution in [0.3, 0.4) is 0 Å². The number of carbonyl (C=O) groups excluding carboxylic acids is 1. The minimum atomic E-state index is -4.40. The summed E-state index contributed by atoms with van der Waals surface area (Å²) in [5.41, 5.74) is 1.33. The van der Waals surface area contributed by atoms with Crippen molar-refractivity contribution < 1.29 is 18.0 Å². The molecule has 1 fully saturated rings. The van der Waals surface area contributed by atoms with E-state index < -0.39 is 17.2 Å². The number of nitrogens with zero attached hydrogens (tertiary/aromatic N) is 1. The number of halogens is 3. The van der Waals surface area contributed by atoms with Gasteiger partial charge in [0.2, 0.25) is 0 Å². The van der Waals surface area contributed by atoms with Crippen molar-refractivity contribution in [2.45, 2.75) is 25.4 Å². The van der Waals surface area contributed by atoms with Gasteiger partial charge in [-0.25, -0.2) is 0 Å². The molecule has 2 nitrogen and oxygen atoms in total. The van der Waals surface area contributed by atoms with E-state index in [2.05, 4.69) is 6.07 Å². The van der Waals surface area contributed by atoms with Gasteiger partial charge in [0.25, 0.3) is 0 Å². The number of carbonyl (C=O) groups is 1. The van der Waals surface area contributed by atoms with E-state index >= 15 is 0 Å². The number of hydrogen-bond donors (Lipinski definition) is 0. The molecule has 0 amide bonds.